The molecule has 0 saturated heterocycles. The van der Waals surface area contributed by atoms with Gasteiger partial charge in [0, 0.05) is 22.0 Å². The summed E-state index contributed by atoms with van der Waals surface area (Å²) in [6.45, 7) is 0. The van der Waals surface area contributed by atoms with E-state index in [9.17, 15) is 0 Å². The zero-order valence-corrected chi connectivity index (χ0v) is 14.2. The fourth-order valence-corrected chi connectivity index (χ4v) is 4.35. The van der Waals surface area contributed by atoms with Crippen LogP contribution >= 0.6 is 27.7 Å². The number of halogens is 1. The average Bonchev–Trinajstić information content (AvgIpc) is 2.52. The van der Waals surface area contributed by atoms with Gasteiger partial charge in [-0.2, -0.15) is 0 Å². The number of aromatic nitrogens is 1. The Bertz CT molecular complexity index is 573. The normalized spacial score (nSPS) is 25.7. The van der Waals surface area contributed by atoms with Gasteiger partial charge in [0.2, 0.25) is 0 Å². The van der Waals surface area contributed by atoms with Gasteiger partial charge in [0.1, 0.15) is 0 Å². The number of nitrogens with zero attached hydrogens (tertiary/aromatic N) is 1. The predicted molar refractivity (Wildman–Crippen MR) is 92.6 cm³/mol. The Hall–Kier alpha value is -0.840. The van der Waals surface area contributed by atoms with Gasteiger partial charge in [-0.1, -0.05) is 30.3 Å². The third-order valence-electron chi connectivity index (χ3n) is 4.09. The second-order valence-corrected chi connectivity index (χ2v) is 7.73. The first-order valence-corrected chi connectivity index (χ1v) is 8.98. The van der Waals surface area contributed by atoms with E-state index < -0.39 is 0 Å². The summed E-state index contributed by atoms with van der Waals surface area (Å²) in [5.41, 5.74) is 7.78. The zero-order chi connectivity index (χ0) is 14.7. The number of benzene rings is 1. The Kier molecular flexibility index (Phi) is 4.99. The van der Waals surface area contributed by atoms with E-state index in [1.807, 2.05) is 24.0 Å². The van der Waals surface area contributed by atoms with Crippen molar-refractivity contribution in [3.63, 3.8) is 0 Å². The van der Waals surface area contributed by atoms with E-state index in [1.54, 1.807) is 0 Å². The van der Waals surface area contributed by atoms with Crippen LogP contribution in [0.15, 0.2) is 58.2 Å². The molecule has 1 aliphatic carbocycles. The van der Waals surface area contributed by atoms with Crippen molar-refractivity contribution in [2.45, 2.75) is 41.5 Å². The van der Waals surface area contributed by atoms with Gasteiger partial charge < -0.3 is 5.73 Å². The van der Waals surface area contributed by atoms with Crippen molar-refractivity contribution in [1.82, 2.24) is 4.98 Å². The van der Waals surface area contributed by atoms with E-state index >= 15 is 0 Å². The summed E-state index contributed by atoms with van der Waals surface area (Å²) in [4.78, 5) is 4.47. The second kappa shape index (κ2) is 6.95. The first-order valence-electron chi connectivity index (χ1n) is 7.31. The molecule has 0 radical (unpaired) electrons. The van der Waals surface area contributed by atoms with Crippen LogP contribution < -0.4 is 5.73 Å². The quantitative estimate of drug-likeness (QED) is 0.866. The number of nitrogens with two attached hydrogens (primary N) is 1. The fraction of sp³-hybridized carbons (Fsp3) is 0.353. The van der Waals surface area contributed by atoms with Crippen molar-refractivity contribution < 1.29 is 0 Å². The van der Waals surface area contributed by atoms with Gasteiger partial charge in [0.15, 0.2) is 0 Å². The molecule has 1 fully saturated rings. The molecule has 0 aliphatic heterocycles. The fourth-order valence-electron chi connectivity index (χ4n) is 2.90. The molecule has 2 nitrogen and oxygen atoms in total. The largest absolute Gasteiger partial charge is 0.327 e. The minimum absolute atomic E-state index is 0.264. The van der Waals surface area contributed by atoms with Crippen LogP contribution in [0.2, 0.25) is 0 Å². The monoisotopic (exact) mass is 362 g/mol. The van der Waals surface area contributed by atoms with Gasteiger partial charge in [-0.15, -0.1) is 11.8 Å². The van der Waals surface area contributed by atoms with Crippen molar-refractivity contribution in [3.8, 4) is 0 Å². The van der Waals surface area contributed by atoms with E-state index in [4.69, 9.17) is 5.73 Å². The Labute approximate surface area is 138 Å². The minimum Gasteiger partial charge on any atom is -0.327 e. The molecular formula is C17H19BrN2S. The molecule has 1 aromatic heterocycles. The number of thioether (sulfide) groups is 1. The average molecular weight is 363 g/mol. The molecular weight excluding hydrogens is 344 g/mol. The molecule has 1 saturated carbocycles. The van der Waals surface area contributed by atoms with E-state index in [1.165, 1.54) is 12.0 Å². The lowest BCUT2D eigenvalue weighted by atomic mass is 9.82. The van der Waals surface area contributed by atoms with Gasteiger partial charge in [0.25, 0.3) is 0 Å². The zero-order valence-electron chi connectivity index (χ0n) is 11.8. The lowest BCUT2D eigenvalue weighted by molar-refractivity contribution is 0.406. The maximum atomic E-state index is 6.34. The van der Waals surface area contributed by atoms with Crippen LogP contribution in [0.4, 0.5) is 0 Å². The number of hydrogen-bond acceptors (Lipinski definition) is 3. The van der Waals surface area contributed by atoms with E-state index in [-0.39, 0.29) is 6.04 Å². The highest BCUT2D eigenvalue weighted by Crippen LogP contribution is 2.39. The molecule has 0 spiro atoms. The first kappa shape index (κ1) is 15.1. The summed E-state index contributed by atoms with van der Waals surface area (Å²) in [7, 11) is 0. The van der Waals surface area contributed by atoms with Gasteiger partial charge in [-0.25, -0.2) is 4.98 Å². The van der Waals surface area contributed by atoms with Crippen LogP contribution in [0, 0.1) is 0 Å². The minimum atomic E-state index is 0.264. The Morgan fingerprint density at radius 1 is 1.10 bits per heavy atom. The maximum Gasteiger partial charge on any atom is 0.0963 e. The number of rotatable bonds is 3. The summed E-state index contributed by atoms with van der Waals surface area (Å²) >= 11 is 5.25. The second-order valence-electron chi connectivity index (χ2n) is 5.56. The van der Waals surface area contributed by atoms with Gasteiger partial charge in [-0.3, -0.25) is 0 Å². The predicted octanol–water partition coefficient (Wildman–Crippen LogP) is 4.60. The van der Waals surface area contributed by atoms with Gasteiger partial charge in [-0.05, 0) is 58.8 Å². The lowest BCUT2D eigenvalue weighted by Gasteiger charge is -2.33. The van der Waals surface area contributed by atoms with Crippen LogP contribution in [0.1, 0.15) is 30.7 Å². The summed E-state index contributed by atoms with van der Waals surface area (Å²) in [5, 5.41) is 1.50. The van der Waals surface area contributed by atoms with Gasteiger partial charge >= 0.3 is 0 Å². The van der Waals surface area contributed by atoms with E-state index in [0.717, 1.165) is 22.3 Å². The molecule has 110 valence electrons. The molecule has 3 unspecified atom stereocenters. The summed E-state index contributed by atoms with van der Waals surface area (Å²) in [6, 6.07) is 15.2. The molecule has 2 aromatic rings. The van der Waals surface area contributed by atoms with E-state index in [0.29, 0.717) is 11.2 Å². The van der Waals surface area contributed by atoms with Crippen LogP contribution in [-0.2, 0) is 0 Å². The van der Waals surface area contributed by atoms with Crippen molar-refractivity contribution >= 4 is 27.7 Å². The molecule has 2 N–H and O–H groups in total. The number of hydrogen-bond donors (Lipinski definition) is 1. The van der Waals surface area contributed by atoms with Crippen LogP contribution in [0.5, 0.6) is 0 Å². The maximum absolute atomic E-state index is 6.34. The van der Waals surface area contributed by atoms with Crippen molar-refractivity contribution in [2.24, 2.45) is 5.73 Å². The van der Waals surface area contributed by atoms with Crippen LogP contribution in [0.3, 0.4) is 0 Å². The highest BCUT2D eigenvalue weighted by molar-refractivity contribution is 9.10. The smallest absolute Gasteiger partial charge is 0.0963 e. The Morgan fingerprint density at radius 3 is 2.62 bits per heavy atom. The molecule has 0 amide bonds. The molecule has 3 rings (SSSR count). The Balaban J connectivity index is 1.70. The molecule has 1 heterocycles. The Morgan fingerprint density at radius 2 is 1.90 bits per heavy atom. The summed E-state index contributed by atoms with van der Waals surface area (Å²) in [6.07, 6.45) is 5.27. The van der Waals surface area contributed by atoms with Crippen molar-refractivity contribution in [2.75, 3.05) is 0 Å². The molecule has 1 aliphatic rings. The topological polar surface area (TPSA) is 38.9 Å². The summed E-state index contributed by atoms with van der Waals surface area (Å²) < 4.78 is 1.02. The molecule has 21 heavy (non-hydrogen) atoms. The van der Waals surface area contributed by atoms with Crippen LogP contribution in [0.25, 0.3) is 0 Å². The summed E-state index contributed by atoms with van der Waals surface area (Å²) in [5.74, 6) is 0.624. The SMILES string of the molecule is NC1CCC(c2ccccc2)CC1Sc1ccc(Br)cn1. The molecule has 1 aromatic carbocycles. The molecule has 4 heteroatoms. The molecule has 0 bridgehead atoms. The molecule has 3 atom stereocenters. The number of pyridine rings is 1. The van der Waals surface area contributed by atoms with Crippen LogP contribution in [-0.4, -0.2) is 16.3 Å². The van der Waals surface area contributed by atoms with Crippen molar-refractivity contribution in [3.05, 3.63) is 58.7 Å². The van der Waals surface area contributed by atoms with E-state index in [2.05, 4.69) is 57.3 Å². The third-order valence-corrected chi connectivity index (χ3v) is 5.88. The standard InChI is InChI=1S/C17H19BrN2S/c18-14-7-9-17(20-11-14)21-16-10-13(6-8-15(16)19)12-4-2-1-3-5-12/h1-5,7,9,11,13,15-16H,6,8,10,19H2. The highest BCUT2D eigenvalue weighted by Gasteiger charge is 2.29. The van der Waals surface area contributed by atoms with Gasteiger partial charge in [0.05, 0.1) is 5.03 Å². The first-order chi connectivity index (χ1) is 10.2. The highest BCUT2D eigenvalue weighted by atomic mass is 79.9. The van der Waals surface area contributed by atoms with Crippen molar-refractivity contribution in [1.29, 1.82) is 0 Å². The third kappa shape index (κ3) is 3.87. The lowest BCUT2D eigenvalue weighted by Crippen LogP contribution is -2.37.